The molecule has 1 aliphatic heterocycles. The molecule has 1 saturated heterocycles. The summed E-state index contributed by atoms with van der Waals surface area (Å²) in [5.74, 6) is -1.03. The number of nitrogens with one attached hydrogen (secondary N) is 1. The number of hydrogen-bond acceptors (Lipinski definition) is 6. The van der Waals surface area contributed by atoms with Gasteiger partial charge in [0.2, 0.25) is 5.91 Å². The third-order valence-corrected chi connectivity index (χ3v) is 9.17. The highest BCUT2D eigenvalue weighted by Gasteiger charge is 2.51. The van der Waals surface area contributed by atoms with Crippen LogP contribution in [0.1, 0.15) is 24.2 Å². The van der Waals surface area contributed by atoms with Crippen molar-refractivity contribution in [3.05, 3.63) is 72.2 Å². The van der Waals surface area contributed by atoms with Crippen LogP contribution in [0.4, 0.5) is 17.6 Å². The summed E-state index contributed by atoms with van der Waals surface area (Å²) >= 11 is 0. The molecule has 0 spiro atoms. The van der Waals surface area contributed by atoms with Gasteiger partial charge in [0.15, 0.2) is 0 Å². The first-order valence-corrected chi connectivity index (χ1v) is 13.4. The lowest BCUT2D eigenvalue weighted by molar-refractivity contribution is -0.141. The summed E-state index contributed by atoms with van der Waals surface area (Å²) in [5, 5.41) is 13.0. The molecule has 1 aromatic carbocycles. The van der Waals surface area contributed by atoms with Gasteiger partial charge in [-0.3, -0.25) is 14.0 Å². The van der Waals surface area contributed by atoms with Crippen molar-refractivity contribution in [1.29, 1.82) is 0 Å². The Morgan fingerprint density at radius 3 is 2.51 bits per heavy atom. The van der Waals surface area contributed by atoms with Gasteiger partial charge < -0.3 is 10.4 Å². The standard InChI is InChI=1S/C24H25F4N5O3S/c1-37(36,19-6-4-17(25)5-7-19)33-10-2-9-23(33,14-34)22(35)30-13-18-11-20(32-15-31-18)16-3-8-21(29-12-16)24(26,27)28/h3-8,11-12,15,34,37H,2,9-10,13-14H2,1H3,(H,30,35)/t23-/m1/s1. The van der Waals surface area contributed by atoms with Crippen LogP contribution in [0.15, 0.2) is 59.9 Å². The predicted octanol–water partition coefficient (Wildman–Crippen LogP) is 2.76. The second kappa shape index (κ2) is 10.2. The molecule has 0 bridgehead atoms. The van der Waals surface area contributed by atoms with Gasteiger partial charge in [0.1, 0.15) is 23.4 Å². The van der Waals surface area contributed by atoms with E-state index in [0.29, 0.717) is 34.8 Å². The fraction of sp³-hybridized carbons (Fsp3) is 0.333. The molecule has 198 valence electrons. The number of amides is 1. The van der Waals surface area contributed by atoms with Crippen molar-refractivity contribution < 1.29 is 31.7 Å². The Kier molecular flexibility index (Phi) is 7.40. The Labute approximate surface area is 211 Å². The second-order valence-corrected chi connectivity index (χ2v) is 11.5. The van der Waals surface area contributed by atoms with Crippen molar-refractivity contribution in [2.24, 2.45) is 0 Å². The third-order valence-electron chi connectivity index (χ3n) is 6.41. The van der Waals surface area contributed by atoms with Crippen molar-refractivity contribution in [3.63, 3.8) is 0 Å². The Hall–Kier alpha value is -3.29. The molecule has 0 saturated carbocycles. The molecule has 1 atom stereocenters. The summed E-state index contributed by atoms with van der Waals surface area (Å²) in [5.41, 5.74) is -1.46. The molecule has 4 rings (SSSR count). The molecular weight excluding hydrogens is 514 g/mol. The number of benzene rings is 1. The summed E-state index contributed by atoms with van der Waals surface area (Å²) in [4.78, 5) is 25.3. The van der Waals surface area contributed by atoms with Gasteiger partial charge in [0, 0.05) is 29.5 Å². The van der Waals surface area contributed by atoms with Crippen LogP contribution in [0.25, 0.3) is 11.3 Å². The van der Waals surface area contributed by atoms with Crippen LogP contribution in [0, 0.1) is 5.82 Å². The van der Waals surface area contributed by atoms with E-state index in [4.69, 9.17) is 0 Å². The highest BCUT2D eigenvalue weighted by molar-refractivity contribution is 8.00. The molecule has 3 heterocycles. The van der Waals surface area contributed by atoms with Gasteiger partial charge >= 0.3 is 6.18 Å². The van der Waals surface area contributed by atoms with Gasteiger partial charge in [-0.2, -0.15) is 13.2 Å². The molecule has 2 N–H and O–H groups in total. The van der Waals surface area contributed by atoms with Crippen molar-refractivity contribution >= 4 is 16.0 Å². The van der Waals surface area contributed by atoms with Crippen molar-refractivity contribution in [3.8, 4) is 11.3 Å². The van der Waals surface area contributed by atoms with Crippen LogP contribution in [0.5, 0.6) is 0 Å². The summed E-state index contributed by atoms with van der Waals surface area (Å²) < 4.78 is 67.0. The Morgan fingerprint density at radius 1 is 1.16 bits per heavy atom. The average molecular weight is 540 g/mol. The largest absolute Gasteiger partial charge is 0.433 e. The fourth-order valence-corrected chi connectivity index (χ4v) is 6.93. The van der Waals surface area contributed by atoms with Crippen LogP contribution in [0.2, 0.25) is 0 Å². The molecule has 0 aliphatic carbocycles. The third kappa shape index (κ3) is 5.38. The van der Waals surface area contributed by atoms with E-state index in [1.807, 2.05) is 0 Å². The zero-order valence-electron chi connectivity index (χ0n) is 19.7. The highest BCUT2D eigenvalue weighted by Crippen LogP contribution is 2.37. The lowest BCUT2D eigenvalue weighted by atomic mass is 9.97. The van der Waals surface area contributed by atoms with Crippen LogP contribution in [0.3, 0.4) is 0 Å². The smallest absolute Gasteiger partial charge is 0.394 e. The first kappa shape index (κ1) is 26.8. The van der Waals surface area contributed by atoms with E-state index in [2.05, 4.69) is 20.3 Å². The van der Waals surface area contributed by atoms with Crippen molar-refractivity contribution in [2.45, 2.75) is 36.0 Å². The summed E-state index contributed by atoms with van der Waals surface area (Å²) in [7, 11) is -3.33. The minimum Gasteiger partial charge on any atom is -0.394 e. The van der Waals surface area contributed by atoms with Crippen LogP contribution < -0.4 is 5.32 Å². The van der Waals surface area contributed by atoms with Crippen molar-refractivity contribution in [2.75, 3.05) is 19.4 Å². The van der Waals surface area contributed by atoms with Crippen LogP contribution in [-0.4, -0.2) is 59.4 Å². The number of pyridine rings is 1. The fourth-order valence-electron chi connectivity index (χ4n) is 4.44. The zero-order chi connectivity index (χ0) is 26.8. The van der Waals surface area contributed by atoms with E-state index in [-0.39, 0.29) is 13.0 Å². The minimum absolute atomic E-state index is 0.0669. The quantitative estimate of drug-likeness (QED) is 0.315. The number of hydrogen-bond donors (Lipinski definition) is 3. The number of aromatic nitrogens is 3. The molecule has 0 radical (unpaired) electrons. The second-order valence-electron chi connectivity index (χ2n) is 8.78. The summed E-state index contributed by atoms with van der Waals surface area (Å²) in [6, 6.07) is 8.81. The molecule has 1 fully saturated rings. The van der Waals surface area contributed by atoms with E-state index in [1.165, 1.54) is 53.3 Å². The maximum Gasteiger partial charge on any atom is 0.433 e. The number of thiol groups is 1. The van der Waals surface area contributed by atoms with Crippen molar-refractivity contribution in [1.82, 2.24) is 24.6 Å². The van der Waals surface area contributed by atoms with E-state index >= 15 is 0 Å². The van der Waals surface area contributed by atoms with E-state index in [0.717, 1.165) is 12.3 Å². The van der Waals surface area contributed by atoms with Crippen LogP contribution in [-0.2, 0) is 27.6 Å². The van der Waals surface area contributed by atoms with Gasteiger partial charge in [-0.25, -0.2) is 18.7 Å². The molecule has 1 aliphatic rings. The summed E-state index contributed by atoms with van der Waals surface area (Å²) in [6.07, 6.45) is -0.0221. The molecule has 13 heteroatoms. The minimum atomic E-state index is -4.56. The zero-order valence-corrected chi connectivity index (χ0v) is 20.6. The van der Waals surface area contributed by atoms with Gasteiger partial charge in [-0.1, -0.05) is 0 Å². The Balaban J connectivity index is 1.51. The number of aliphatic hydroxyl groups excluding tert-OH is 1. The molecule has 0 unspecified atom stereocenters. The number of nitrogens with zero attached hydrogens (tertiary/aromatic N) is 4. The van der Waals surface area contributed by atoms with Gasteiger partial charge in [0.25, 0.3) is 0 Å². The highest BCUT2D eigenvalue weighted by atomic mass is 32.3. The first-order chi connectivity index (χ1) is 17.5. The van der Waals surface area contributed by atoms with Gasteiger partial charge in [0.05, 0.1) is 24.5 Å². The first-order valence-electron chi connectivity index (χ1n) is 11.3. The molecule has 1 amide bonds. The number of halogens is 4. The number of carbonyl (C=O) groups excluding carboxylic acids is 1. The number of aliphatic hydroxyl groups is 1. The SMILES string of the molecule is C[SH](=O)(c1ccc(F)cc1)N1CCC[C@@]1(CO)C(=O)NCc1cc(-c2ccc(C(F)(F)F)nc2)ncn1. The lowest BCUT2D eigenvalue weighted by Gasteiger charge is -2.42. The van der Waals surface area contributed by atoms with Crippen LogP contribution >= 0.6 is 0 Å². The molecule has 8 nitrogen and oxygen atoms in total. The maximum absolute atomic E-state index is 13.8. The molecule has 37 heavy (non-hydrogen) atoms. The van der Waals surface area contributed by atoms with Gasteiger partial charge in [-0.15, -0.1) is 0 Å². The topological polar surface area (TPSA) is 108 Å². The van der Waals surface area contributed by atoms with E-state index in [1.54, 1.807) is 0 Å². The Morgan fingerprint density at radius 2 is 1.89 bits per heavy atom. The predicted molar refractivity (Wildman–Crippen MR) is 128 cm³/mol. The molecular formula is C24H25F4N5O3S. The molecule has 2 aromatic heterocycles. The number of carbonyl (C=O) groups is 1. The number of rotatable bonds is 7. The number of alkyl halides is 3. The normalized spacial score (nSPS) is 19.1. The maximum atomic E-state index is 13.8. The molecule has 3 aromatic rings. The average Bonchev–Trinajstić information content (AvgIpc) is 3.34. The van der Waals surface area contributed by atoms with E-state index < -0.39 is 45.9 Å². The van der Waals surface area contributed by atoms with Gasteiger partial charge in [-0.05, 0) is 65.4 Å². The van der Waals surface area contributed by atoms with E-state index in [9.17, 15) is 31.7 Å². The lowest BCUT2D eigenvalue weighted by Crippen LogP contribution is -2.60. The monoisotopic (exact) mass is 539 g/mol. The Bertz CT molecular complexity index is 1320. The summed E-state index contributed by atoms with van der Waals surface area (Å²) in [6.45, 7) is -0.343.